The first-order chi connectivity index (χ1) is 8.41. The molecule has 1 rings (SSSR count). The summed E-state index contributed by atoms with van der Waals surface area (Å²) in [6.45, 7) is 6.12. The van der Waals surface area contributed by atoms with Crippen molar-refractivity contribution in [1.82, 2.24) is 0 Å². The van der Waals surface area contributed by atoms with Gasteiger partial charge in [-0.2, -0.15) is 0 Å². The molecule has 0 amide bonds. The van der Waals surface area contributed by atoms with Crippen molar-refractivity contribution in [2.75, 3.05) is 11.9 Å². The Morgan fingerprint density at radius 2 is 2.11 bits per heavy atom. The van der Waals surface area contributed by atoms with Crippen molar-refractivity contribution >= 4 is 11.7 Å². The summed E-state index contributed by atoms with van der Waals surface area (Å²) in [6.07, 6.45) is 1.54. The zero-order valence-corrected chi connectivity index (χ0v) is 11.2. The van der Waals surface area contributed by atoms with Gasteiger partial charge in [-0.15, -0.1) is 0 Å². The van der Waals surface area contributed by atoms with Crippen LogP contribution >= 0.6 is 0 Å². The number of aryl methyl sites for hydroxylation is 1. The Balaban J connectivity index is 2.94. The van der Waals surface area contributed by atoms with Crippen LogP contribution in [0.15, 0.2) is 18.2 Å². The van der Waals surface area contributed by atoms with Gasteiger partial charge >= 0.3 is 5.97 Å². The van der Waals surface area contributed by atoms with Crippen LogP contribution in [0, 0.1) is 6.92 Å². The molecule has 100 valence electrons. The number of carbonyl (C=O) groups is 1. The van der Waals surface area contributed by atoms with Gasteiger partial charge in [0.2, 0.25) is 0 Å². The first-order valence-corrected chi connectivity index (χ1v) is 6.15. The van der Waals surface area contributed by atoms with Gasteiger partial charge < -0.3 is 15.5 Å². The van der Waals surface area contributed by atoms with Gasteiger partial charge in [-0.05, 0) is 50.5 Å². The molecule has 0 fully saturated rings. The fourth-order valence-electron chi connectivity index (χ4n) is 1.84. The third kappa shape index (κ3) is 3.47. The molecule has 4 heteroatoms. The van der Waals surface area contributed by atoms with E-state index in [1.165, 1.54) is 0 Å². The van der Waals surface area contributed by atoms with Crippen LogP contribution in [-0.4, -0.2) is 28.3 Å². The fraction of sp³-hybridized carbons (Fsp3) is 0.500. The van der Waals surface area contributed by atoms with E-state index >= 15 is 0 Å². The normalized spacial score (nSPS) is 14.0. The molecule has 4 nitrogen and oxygen atoms in total. The Morgan fingerprint density at radius 1 is 1.44 bits per heavy atom. The third-order valence-corrected chi connectivity index (χ3v) is 3.35. The van der Waals surface area contributed by atoms with Crippen LogP contribution in [0.25, 0.3) is 0 Å². The van der Waals surface area contributed by atoms with E-state index in [-0.39, 0.29) is 12.1 Å². The molecule has 1 atom stereocenters. The first kappa shape index (κ1) is 14.5. The van der Waals surface area contributed by atoms with Gasteiger partial charge in [-0.1, -0.05) is 6.92 Å². The summed E-state index contributed by atoms with van der Waals surface area (Å²) < 4.78 is 0. The molecule has 18 heavy (non-hydrogen) atoms. The summed E-state index contributed by atoms with van der Waals surface area (Å²) in [5, 5.41) is 21.4. The number of anilines is 1. The largest absolute Gasteiger partial charge is 0.478 e. The quantitative estimate of drug-likeness (QED) is 0.727. The number of hydrogen-bond acceptors (Lipinski definition) is 3. The fourth-order valence-corrected chi connectivity index (χ4v) is 1.84. The highest BCUT2D eigenvalue weighted by Gasteiger charge is 2.21. The lowest BCUT2D eigenvalue weighted by Gasteiger charge is -2.31. The van der Waals surface area contributed by atoms with Crippen molar-refractivity contribution in [3.05, 3.63) is 29.3 Å². The summed E-state index contributed by atoms with van der Waals surface area (Å²) in [6, 6.07) is 5.02. The van der Waals surface area contributed by atoms with Crippen molar-refractivity contribution in [3.63, 3.8) is 0 Å². The molecule has 0 saturated heterocycles. The van der Waals surface area contributed by atoms with Crippen LogP contribution in [0.4, 0.5) is 5.69 Å². The Kier molecular flexibility index (Phi) is 4.73. The summed E-state index contributed by atoms with van der Waals surface area (Å²) in [4.78, 5) is 10.9. The van der Waals surface area contributed by atoms with E-state index in [2.05, 4.69) is 12.2 Å². The topological polar surface area (TPSA) is 69.6 Å². The lowest BCUT2D eigenvalue weighted by atomic mass is 9.94. The zero-order chi connectivity index (χ0) is 13.8. The van der Waals surface area contributed by atoms with E-state index in [9.17, 15) is 4.79 Å². The van der Waals surface area contributed by atoms with Crippen LogP contribution in [0.5, 0.6) is 0 Å². The molecule has 0 heterocycles. The number of carboxylic acids is 1. The smallest absolute Gasteiger partial charge is 0.335 e. The van der Waals surface area contributed by atoms with E-state index in [1.54, 1.807) is 18.2 Å². The standard InChI is InChI=1S/C14H21NO3/c1-4-14(3,7-8-16)15-12-6-5-11(13(17)18)9-10(12)2/h5-6,9,15-16H,4,7-8H2,1-3H3,(H,17,18). The maximum Gasteiger partial charge on any atom is 0.335 e. The third-order valence-electron chi connectivity index (χ3n) is 3.35. The molecular formula is C14H21NO3. The zero-order valence-electron chi connectivity index (χ0n) is 11.2. The lowest BCUT2D eigenvalue weighted by Crippen LogP contribution is -2.35. The second-order valence-electron chi connectivity index (χ2n) is 4.85. The summed E-state index contributed by atoms with van der Waals surface area (Å²) in [5.74, 6) is -0.918. The predicted molar refractivity (Wildman–Crippen MR) is 72.2 cm³/mol. The molecule has 0 saturated carbocycles. The minimum absolute atomic E-state index is 0.129. The maximum absolute atomic E-state index is 10.9. The number of rotatable bonds is 6. The number of aliphatic hydroxyl groups is 1. The van der Waals surface area contributed by atoms with E-state index in [4.69, 9.17) is 10.2 Å². The monoisotopic (exact) mass is 251 g/mol. The molecule has 1 aromatic rings. The molecule has 0 radical (unpaired) electrons. The predicted octanol–water partition coefficient (Wildman–Crippen LogP) is 2.66. The van der Waals surface area contributed by atoms with Gasteiger partial charge in [-0.3, -0.25) is 0 Å². The van der Waals surface area contributed by atoms with Crippen molar-refractivity contribution in [2.24, 2.45) is 0 Å². The SMILES string of the molecule is CCC(C)(CCO)Nc1ccc(C(=O)O)cc1C. The second kappa shape index (κ2) is 5.87. The molecule has 3 N–H and O–H groups in total. The number of aliphatic hydroxyl groups excluding tert-OH is 1. The van der Waals surface area contributed by atoms with Crippen LogP contribution in [0.2, 0.25) is 0 Å². The Labute approximate surface area is 108 Å². The van der Waals surface area contributed by atoms with Crippen LogP contribution in [-0.2, 0) is 0 Å². The van der Waals surface area contributed by atoms with Gasteiger partial charge in [0.1, 0.15) is 0 Å². The molecule has 0 bridgehead atoms. The molecule has 0 aliphatic carbocycles. The van der Waals surface area contributed by atoms with Gasteiger partial charge in [0, 0.05) is 17.8 Å². The number of nitrogens with one attached hydrogen (secondary N) is 1. The van der Waals surface area contributed by atoms with Gasteiger partial charge in [0.25, 0.3) is 0 Å². The van der Waals surface area contributed by atoms with Gasteiger partial charge in [-0.25, -0.2) is 4.79 Å². The van der Waals surface area contributed by atoms with Crippen molar-refractivity contribution < 1.29 is 15.0 Å². The number of benzene rings is 1. The summed E-state index contributed by atoms with van der Waals surface area (Å²) in [5.41, 5.74) is 1.92. The highest BCUT2D eigenvalue weighted by atomic mass is 16.4. The molecule has 0 aliphatic rings. The van der Waals surface area contributed by atoms with Crippen LogP contribution in [0.1, 0.15) is 42.6 Å². The average Bonchev–Trinajstić information content (AvgIpc) is 2.32. The second-order valence-corrected chi connectivity index (χ2v) is 4.85. The minimum atomic E-state index is -0.918. The highest BCUT2D eigenvalue weighted by molar-refractivity contribution is 5.88. The van der Waals surface area contributed by atoms with E-state index in [1.807, 2.05) is 13.8 Å². The van der Waals surface area contributed by atoms with E-state index in [0.717, 1.165) is 17.7 Å². The van der Waals surface area contributed by atoms with Crippen molar-refractivity contribution in [3.8, 4) is 0 Å². The van der Waals surface area contributed by atoms with E-state index < -0.39 is 5.97 Å². The Morgan fingerprint density at radius 3 is 2.56 bits per heavy atom. The Bertz CT molecular complexity index is 431. The molecule has 0 spiro atoms. The van der Waals surface area contributed by atoms with Gasteiger partial charge in [0.15, 0.2) is 0 Å². The highest BCUT2D eigenvalue weighted by Crippen LogP contribution is 2.25. The minimum Gasteiger partial charge on any atom is -0.478 e. The number of aromatic carboxylic acids is 1. The molecule has 0 aromatic heterocycles. The first-order valence-electron chi connectivity index (χ1n) is 6.15. The number of carboxylic acid groups (broad SMARTS) is 1. The van der Waals surface area contributed by atoms with E-state index in [0.29, 0.717) is 12.0 Å². The number of hydrogen-bond donors (Lipinski definition) is 3. The summed E-state index contributed by atoms with van der Waals surface area (Å²) >= 11 is 0. The summed E-state index contributed by atoms with van der Waals surface area (Å²) in [7, 11) is 0. The Hall–Kier alpha value is -1.55. The molecule has 0 aliphatic heterocycles. The van der Waals surface area contributed by atoms with Crippen LogP contribution in [0.3, 0.4) is 0 Å². The molecule has 1 unspecified atom stereocenters. The van der Waals surface area contributed by atoms with Crippen molar-refractivity contribution in [2.45, 2.75) is 39.2 Å². The average molecular weight is 251 g/mol. The molecule has 1 aromatic carbocycles. The molecular weight excluding hydrogens is 230 g/mol. The maximum atomic E-state index is 10.9. The van der Waals surface area contributed by atoms with Crippen LogP contribution < -0.4 is 5.32 Å². The lowest BCUT2D eigenvalue weighted by molar-refractivity contribution is 0.0697. The van der Waals surface area contributed by atoms with Crippen molar-refractivity contribution in [1.29, 1.82) is 0 Å². The van der Waals surface area contributed by atoms with Gasteiger partial charge in [0.05, 0.1) is 5.56 Å².